The van der Waals surface area contributed by atoms with Crippen molar-refractivity contribution in [1.82, 2.24) is 10.2 Å². The zero-order valence-corrected chi connectivity index (χ0v) is 15.1. The average molecular weight is 407 g/mol. The molecule has 144 valence electrons. The molecule has 10 heteroatoms. The lowest BCUT2D eigenvalue weighted by atomic mass is 10.2. The molecular weight excluding hydrogens is 394 g/mol. The standard InChI is InChI=1S/C18H13ClF2N4O3/c1-28-15-5-3-2-4-13(15)22-18(27)14-8-16(25-24-14)23-17(26)9-6-11(20)12(21)7-10(9)19/h2-8H,1H3,(H,22,27)(H2,23,24,25,26). The Morgan fingerprint density at radius 3 is 2.54 bits per heavy atom. The fourth-order valence-electron chi connectivity index (χ4n) is 2.32. The molecule has 2 aromatic carbocycles. The number of hydrogen-bond acceptors (Lipinski definition) is 4. The summed E-state index contributed by atoms with van der Waals surface area (Å²) in [4.78, 5) is 24.5. The van der Waals surface area contributed by atoms with E-state index in [1.54, 1.807) is 24.3 Å². The molecule has 0 aliphatic heterocycles. The highest BCUT2D eigenvalue weighted by atomic mass is 35.5. The second-order valence-electron chi connectivity index (χ2n) is 5.52. The molecule has 0 spiro atoms. The average Bonchev–Trinajstić information content (AvgIpc) is 3.13. The van der Waals surface area contributed by atoms with Crippen molar-refractivity contribution in [2.75, 3.05) is 17.7 Å². The van der Waals surface area contributed by atoms with Gasteiger partial charge in [-0.15, -0.1) is 0 Å². The van der Waals surface area contributed by atoms with Crippen LogP contribution in [0, 0.1) is 11.6 Å². The number of hydrogen-bond donors (Lipinski definition) is 3. The molecule has 0 bridgehead atoms. The summed E-state index contributed by atoms with van der Waals surface area (Å²) in [5, 5.41) is 11.0. The maximum Gasteiger partial charge on any atom is 0.276 e. The Balaban J connectivity index is 1.72. The Kier molecular flexibility index (Phi) is 5.55. The highest BCUT2D eigenvalue weighted by molar-refractivity contribution is 6.34. The summed E-state index contributed by atoms with van der Waals surface area (Å²) in [6, 6.07) is 9.45. The minimum absolute atomic E-state index is 0.0161. The third kappa shape index (κ3) is 4.09. The highest BCUT2D eigenvalue weighted by Crippen LogP contribution is 2.24. The van der Waals surface area contributed by atoms with E-state index in [4.69, 9.17) is 16.3 Å². The number of nitrogens with zero attached hydrogens (tertiary/aromatic N) is 1. The molecule has 0 saturated heterocycles. The number of aromatic nitrogens is 2. The van der Waals surface area contributed by atoms with Crippen molar-refractivity contribution in [3.63, 3.8) is 0 Å². The van der Waals surface area contributed by atoms with Crippen molar-refractivity contribution in [3.05, 3.63) is 70.4 Å². The zero-order chi connectivity index (χ0) is 20.3. The fraction of sp³-hybridized carbons (Fsp3) is 0.0556. The molecule has 7 nitrogen and oxygen atoms in total. The highest BCUT2D eigenvalue weighted by Gasteiger charge is 2.18. The van der Waals surface area contributed by atoms with Crippen molar-refractivity contribution in [3.8, 4) is 5.75 Å². The summed E-state index contributed by atoms with van der Waals surface area (Å²) in [7, 11) is 1.47. The van der Waals surface area contributed by atoms with E-state index in [1.165, 1.54) is 13.2 Å². The topological polar surface area (TPSA) is 96.1 Å². The summed E-state index contributed by atoms with van der Waals surface area (Å²) < 4.78 is 31.6. The molecule has 3 aromatic rings. The van der Waals surface area contributed by atoms with E-state index in [9.17, 15) is 18.4 Å². The van der Waals surface area contributed by atoms with Gasteiger partial charge >= 0.3 is 0 Å². The number of para-hydroxylation sites is 2. The van der Waals surface area contributed by atoms with Crippen LogP contribution in [0.2, 0.25) is 5.02 Å². The van der Waals surface area contributed by atoms with Crippen LogP contribution in [0.25, 0.3) is 0 Å². The third-order valence-electron chi connectivity index (χ3n) is 3.67. The predicted molar refractivity (Wildman–Crippen MR) is 98.9 cm³/mol. The van der Waals surface area contributed by atoms with Gasteiger partial charge in [-0.05, 0) is 24.3 Å². The normalized spacial score (nSPS) is 10.4. The second-order valence-corrected chi connectivity index (χ2v) is 5.93. The molecule has 3 N–H and O–H groups in total. The van der Waals surface area contributed by atoms with Crippen LogP contribution in [-0.2, 0) is 0 Å². The molecule has 1 aromatic heterocycles. The lowest BCUT2D eigenvalue weighted by Crippen LogP contribution is -2.14. The minimum Gasteiger partial charge on any atom is -0.495 e. The molecule has 0 aliphatic carbocycles. The number of methoxy groups -OCH3 is 1. The first-order valence-electron chi connectivity index (χ1n) is 7.84. The van der Waals surface area contributed by atoms with E-state index in [0.717, 1.165) is 0 Å². The monoisotopic (exact) mass is 406 g/mol. The Morgan fingerprint density at radius 1 is 1.07 bits per heavy atom. The number of carbonyl (C=O) groups excluding carboxylic acids is 2. The first-order chi connectivity index (χ1) is 13.4. The molecule has 0 radical (unpaired) electrons. The molecule has 3 rings (SSSR count). The van der Waals surface area contributed by atoms with Gasteiger partial charge in [-0.2, -0.15) is 5.10 Å². The van der Waals surface area contributed by atoms with Gasteiger partial charge in [0.25, 0.3) is 11.8 Å². The molecule has 28 heavy (non-hydrogen) atoms. The summed E-state index contributed by atoms with van der Waals surface area (Å²) in [6.07, 6.45) is 0. The van der Waals surface area contributed by atoms with Crippen molar-refractivity contribution in [2.24, 2.45) is 0 Å². The van der Waals surface area contributed by atoms with Gasteiger partial charge in [0.15, 0.2) is 17.3 Å². The molecule has 0 saturated carbocycles. The molecular formula is C18H13ClF2N4O3. The SMILES string of the molecule is COc1ccccc1NC(=O)c1cc(NC(=O)c2cc(F)c(F)cc2Cl)[nH]n1. The summed E-state index contributed by atoms with van der Waals surface area (Å²) in [5.41, 5.74) is 0.157. The Bertz CT molecular complexity index is 1060. The number of benzene rings is 2. The van der Waals surface area contributed by atoms with Crippen molar-refractivity contribution < 1.29 is 23.1 Å². The Morgan fingerprint density at radius 2 is 1.79 bits per heavy atom. The van der Waals surface area contributed by atoms with Gasteiger partial charge in [-0.3, -0.25) is 14.7 Å². The first kappa shape index (κ1) is 19.3. The number of nitrogens with one attached hydrogen (secondary N) is 3. The maximum absolute atomic E-state index is 13.3. The van der Waals surface area contributed by atoms with Crippen LogP contribution in [0.15, 0.2) is 42.5 Å². The number of H-pyrrole nitrogens is 1. The second kappa shape index (κ2) is 8.05. The lowest BCUT2D eigenvalue weighted by molar-refractivity contribution is 0.101. The quantitative estimate of drug-likeness (QED) is 0.561. The first-order valence-corrected chi connectivity index (χ1v) is 8.22. The van der Waals surface area contributed by atoms with Crippen LogP contribution < -0.4 is 15.4 Å². The largest absolute Gasteiger partial charge is 0.495 e. The zero-order valence-electron chi connectivity index (χ0n) is 14.3. The van der Waals surface area contributed by atoms with Crippen LogP contribution in [0.3, 0.4) is 0 Å². The van der Waals surface area contributed by atoms with E-state index >= 15 is 0 Å². The van der Waals surface area contributed by atoms with E-state index < -0.39 is 23.4 Å². The molecule has 2 amide bonds. The van der Waals surface area contributed by atoms with Crippen LogP contribution >= 0.6 is 11.6 Å². The predicted octanol–water partition coefficient (Wildman–Crippen LogP) is 3.85. The van der Waals surface area contributed by atoms with Gasteiger partial charge in [-0.1, -0.05) is 23.7 Å². The number of carbonyl (C=O) groups is 2. The van der Waals surface area contributed by atoms with Gasteiger partial charge < -0.3 is 15.4 Å². The molecule has 0 aliphatic rings. The summed E-state index contributed by atoms with van der Waals surface area (Å²) >= 11 is 5.77. The third-order valence-corrected chi connectivity index (χ3v) is 3.98. The van der Waals surface area contributed by atoms with Gasteiger partial charge in [0, 0.05) is 6.07 Å². The van der Waals surface area contributed by atoms with Crippen molar-refractivity contribution >= 4 is 34.9 Å². The van der Waals surface area contributed by atoms with E-state index in [0.29, 0.717) is 23.6 Å². The molecule has 0 fully saturated rings. The van der Waals surface area contributed by atoms with Gasteiger partial charge in [0.05, 0.1) is 23.4 Å². The van der Waals surface area contributed by atoms with Gasteiger partial charge in [0.1, 0.15) is 11.6 Å². The maximum atomic E-state index is 13.3. The van der Waals surface area contributed by atoms with Gasteiger partial charge in [0.2, 0.25) is 0 Å². The molecule has 0 unspecified atom stereocenters. The summed E-state index contributed by atoms with van der Waals surface area (Å²) in [6.45, 7) is 0. The number of halogens is 3. The Hall–Kier alpha value is -3.46. The minimum atomic E-state index is -1.21. The number of ether oxygens (including phenoxy) is 1. The van der Waals surface area contributed by atoms with Crippen molar-refractivity contribution in [2.45, 2.75) is 0 Å². The number of amides is 2. The van der Waals surface area contributed by atoms with E-state index in [-0.39, 0.29) is 22.1 Å². The van der Waals surface area contributed by atoms with E-state index in [2.05, 4.69) is 20.8 Å². The number of anilines is 2. The van der Waals surface area contributed by atoms with Crippen molar-refractivity contribution in [1.29, 1.82) is 0 Å². The molecule has 0 atom stereocenters. The van der Waals surface area contributed by atoms with Crippen LogP contribution in [-0.4, -0.2) is 29.1 Å². The number of aromatic amines is 1. The van der Waals surface area contributed by atoms with E-state index in [1.807, 2.05) is 0 Å². The Labute approximate surface area is 162 Å². The van der Waals surface area contributed by atoms with Crippen LogP contribution in [0.5, 0.6) is 5.75 Å². The smallest absolute Gasteiger partial charge is 0.276 e. The lowest BCUT2D eigenvalue weighted by Gasteiger charge is -2.08. The van der Waals surface area contributed by atoms with Crippen LogP contribution in [0.4, 0.5) is 20.3 Å². The fourth-order valence-corrected chi connectivity index (χ4v) is 2.56. The van der Waals surface area contributed by atoms with Gasteiger partial charge in [-0.25, -0.2) is 8.78 Å². The summed E-state index contributed by atoms with van der Waals surface area (Å²) in [5.74, 6) is -3.20. The molecule has 1 heterocycles. The number of rotatable bonds is 5. The van der Waals surface area contributed by atoms with Crippen LogP contribution in [0.1, 0.15) is 20.8 Å².